The van der Waals surface area contributed by atoms with Crippen molar-refractivity contribution in [3.05, 3.63) is 60.2 Å². The van der Waals surface area contributed by atoms with Gasteiger partial charge in [-0.15, -0.1) is 5.10 Å². The molecule has 7 nitrogen and oxygen atoms in total. The van der Waals surface area contributed by atoms with E-state index in [1.807, 2.05) is 30.3 Å². The molecule has 0 radical (unpaired) electrons. The smallest absolute Gasteiger partial charge is 0.322 e. The van der Waals surface area contributed by atoms with E-state index in [2.05, 4.69) is 15.5 Å². The Bertz CT molecular complexity index is 920. The Kier molecular flexibility index (Phi) is 5.28. The number of amides is 1. The Morgan fingerprint density at radius 2 is 1.88 bits per heavy atom. The van der Waals surface area contributed by atoms with E-state index in [9.17, 15) is 4.79 Å². The van der Waals surface area contributed by atoms with E-state index in [0.717, 1.165) is 5.56 Å². The monoisotopic (exact) mass is 351 g/mol. The molecule has 0 spiro atoms. The van der Waals surface area contributed by atoms with Gasteiger partial charge in [-0.1, -0.05) is 23.3 Å². The molecule has 0 saturated heterocycles. The number of carbonyl (C=O) groups is 1. The summed E-state index contributed by atoms with van der Waals surface area (Å²) in [6.07, 6.45) is 2.97. The van der Waals surface area contributed by atoms with E-state index in [1.54, 1.807) is 38.5 Å². The highest BCUT2D eigenvalue weighted by Gasteiger charge is 2.10. The molecule has 2 aromatic carbocycles. The lowest BCUT2D eigenvalue weighted by molar-refractivity contribution is -0.112. The van der Waals surface area contributed by atoms with Gasteiger partial charge in [-0.2, -0.15) is 0 Å². The summed E-state index contributed by atoms with van der Waals surface area (Å²) in [5.41, 5.74) is 1.48. The van der Waals surface area contributed by atoms with Gasteiger partial charge in [0.1, 0.15) is 11.5 Å². The van der Waals surface area contributed by atoms with Gasteiger partial charge in [0.05, 0.1) is 14.2 Å². The molecule has 0 bridgehead atoms. The van der Waals surface area contributed by atoms with E-state index < -0.39 is 5.91 Å². The minimum absolute atomic E-state index is 0.0242. The van der Waals surface area contributed by atoms with E-state index in [1.165, 1.54) is 6.08 Å². The summed E-state index contributed by atoms with van der Waals surface area (Å²) in [5.74, 6) is 1.21. The third kappa shape index (κ3) is 4.07. The van der Waals surface area contributed by atoms with Crippen molar-refractivity contribution in [2.75, 3.05) is 19.5 Å². The maximum atomic E-state index is 12.1. The number of hydrogen-bond acceptors (Lipinski definition) is 6. The predicted octanol–water partition coefficient (Wildman–Crippen LogP) is 3.41. The molecule has 0 fully saturated rings. The van der Waals surface area contributed by atoms with Gasteiger partial charge in [0.2, 0.25) is 5.89 Å². The van der Waals surface area contributed by atoms with Gasteiger partial charge in [0.25, 0.3) is 5.91 Å². The lowest BCUT2D eigenvalue weighted by Gasteiger charge is -2.06. The lowest BCUT2D eigenvalue weighted by atomic mass is 10.1. The van der Waals surface area contributed by atoms with E-state index in [0.29, 0.717) is 23.0 Å². The summed E-state index contributed by atoms with van der Waals surface area (Å²) in [6, 6.07) is 14.6. The van der Waals surface area contributed by atoms with Crippen molar-refractivity contribution in [2.45, 2.75) is 0 Å². The van der Waals surface area contributed by atoms with Crippen LogP contribution in [-0.2, 0) is 4.79 Å². The average Bonchev–Trinajstić information content (AvgIpc) is 3.15. The lowest BCUT2D eigenvalue weighted by Crippen LogP contribution is -2.07. The van der Waals surface area contributed by atoms with E-state index in [-0.39, 0.29) is 6.01 Å². The first kappa shape index (κ1) is 17.2. The fourth-order valence-corrected chi connectivity index (χ4v) is 2.25. The molecule has 1 amide bonds. The van der Waals surface area contributed by atoms with Gasteiger partial charge in [0.15, 0.2) is 0 Å². The summed E-state index contributed by atoms with van der Waals surface area (Å²) in [4.78, 5) is 12.1. The van der Waals surface area contributed by atoms with Crippen LogP contribution in [0.3, 0.4) is 0 Å². The highest BCUT2D eigenvalue weighted by Crippen LogP contribution is 2.25. The first-order valence-corrected chi connectivity index (χ1v) is 7.79. The van der Waals surface area contributed by atoms with Crippen LogP contribution in [0.25, 0.3) is 17.5 Å². The number of carbonyl (C=O) groups excluding carboxylic acids is 1. The van der Waals surface area contributed by atoms with Crippen molar-refractivity contribution >= 4 is 18.0 Å². The number of ether oxygens (including phenoxy) is 2. The number of nitrogens with zero attached hydrogens (tertiary/aromatic N) is 2. The first-order valence-electron chi connectivity index (χ1n) is 7.79. The molecular weight excluding hydrogens is 334 g/mol. The zero-order valence-corrected chi connectivity index (χ0v) is 14.3. The van der Waals surface area contributed by atoms with Crippen molar-refractivity contribution in [2.24, 2.45) is 0 Å². The Hall–Kier alpha value is -3.61. The molecule has 132 valence electrons. The van der Waals surface area contributed by atoms with Crippen LogP contribution in [0, 0.1) is 0 Å². The molecule has 0 aliphatic carbocycles. The van der Waals surface area contributed by atoms with Crippen LogP contribution in [0.2, 0.25) is 0 Å². The molecule has 0 unspecified atom stereocenters. The second-order valence-electron chi connectivity index (χ2n) is 5.21. The number of nitrogens with one attached hydrogen (secondary N) is 1. The van der Waals surface area contributed by atoms with Crippen molar-refractivity contribution in [1.82, 2.24) is 10.2 Å². The quantitative estimate of drug-likeness (QED) is 0.685. The van der Waals surface area contributed by atoms with E-state index in [4.69, 9.17) is 13.9 Å². The van der Waals surface area contributed by atoms with Crippen LogP contribution in [-0.4, -0.2) is 30.3 Å². The normalized spacial score (nSPS) is 10.7. The molecule has 0 saturated carbocycles. The second kappa shape index (κ2) is 7.98. The summed E-state index contributed by atoms with van der Waals surface area (Å²) in [5, 5.41) is 10.3. The zero-order valence-electron chi connectivity index (χ0n) is 14.3. The summed E-state index contributed by atoms with van der Waals surface area (Å²) in [6.45, 7) is 0. The van der Waals surface area contributed by atoms with Crippen LogP contribution < -0.4 is 14.8 Å². The molecule has 0 aliphatic rings. The number of methoxy groups -OCH3 is 2. The zero-order chi connectivity index (χ0) is 18.4. The van der Waals surface area contributed by atoms with Gasteiger partial charge in [-0.05, 0) is 36.4 Å². The van der Waals surface area contributed by atoms with E-state index >= 15 is 0 Å². The molecule has 7 heteroatoms. The number of rotatable bonds is 6. The van der Waals surface area contributed by atoms with Gasteiger partial charge in [0, 0.05) is 17.2 Å². The Balaban J connectivity index is 1.70. The maximum Gasteiger partial charge on any atom is 0.322 e. The number of aromatic nitrogens is 2. The molecule has 0 aliphatic heterocycles. The van der Waals surface area contributed by atoms with Crippen molar-refractivity contribution in [1.29, 1.82) is 0 Å². The number of anilines is 1. The van der Waals surface area contributed by atoms with Gasteiger partial charge >= 0.3 is 6.01 Å². The topological polar surface area (TPSA) is 86.5 Å². The van der Waals surface area contributed by atoms with Crippen LogP contribution in [0.1, 0.15) is 5.56 Å². The summed E-state index contributed by atoms with van der Waals surface area (Å²) < 4.78 is 15.9. The molecule has 3 aromatic rings. The van der Waals surface area contributed by atoms with Crippen LogP contribution in [0.15, 0.2) is 59.0 Å². The Morgan fingerprint density at radius 3 is 2.62 bits per heavy atom. The number of benzene rings is 2. The minimum atomic E-state index is -0.405. The first-order chi connectivity index (χ1) is 12.7. The SMILES string of the molecule is COc1ccc(OC)c(C=CC(=O)Nc2nnc(-c3ccccc3)o2)c1. The fraction of sp³-hybridized carbons (Fsp3) is 0.105. The van der Waals surface area contributed by atoms with Crippen LogP contribution in [0.4, 0.5) is 6.01 Å². The fourth-order valence-electron chi connectivity index (χ4n) is 2.25. The Morgan fingerprint density at radius 1 is 1.08 bits per heavy atom. The second-order valence-corrected chi connectivity index (χ2v) is 5.21. The van der Waals surface area contributed by atoms with Crippen molar-refractivity contribution in [3.63, 3.8) is 0 Å². The molecular formula is C19H17N3O4. The summed E-state index contributed by atoms with van der Waals surface area (Å²) in [7, 11) is 3.13. The number of hydrogen-bond donors (Lipinski definition) is 1. The maximum absolute atomic E-state index is 12.1. The molecule has 3 rings (SSSR count). The van der Waals surface area contributed by atoms with Gasteiger partial charge in [-0.3, -0.25) is 10.1 Å². The van der Waals surface area contributed by atoms with Crippen molar-refractivity contribution in [3.8, 4) is 23.0 Å². The third-order valence-electron chi connectivity index (χ3n) is 3.53. The molecule has 1 N–H and O–H groups in total. The molecule has 1 heterocycles. The molecule has 1 aromatic heterocycles. The van der Waals surface area contributed by atoms with Gasteiger partial charge in [-0.25, -0.2) is 0 Å². The Labute approximate surface area is 150 Å². The van der Waals surface area contributed by atoms with Crippen LogP contribution in [0.5, 0.6) is 11.5 Å². The molecule has 0 atom stereocenters. The largest absolute Gasteiger partial charge is 0.497 e. The van der Waals surface area contributed by atoms with Crippen LogP contribution >= 0.6 is 0 Å². The standard InChI is InChI=1S/C19H17N3O4/c1-24-15-9-10-16(25-2)14(12-15)8-11-17(23)20-19-22-21-18(26-19)13-6-4-3-5-7-13/h3-12H,1-2H3,(H,20,22,23). The van der Waals surface area contributed by atoms with Crippen molar-refractivity contribution < 1.29 is 18.7 Å². The third-order valence-corrected chi connectivity index (χ3v) is 3.53. The molecule has 26 heavy (non-hydrogen) atoms. The minimum Gasteiger partial charge on any atom is -0.497 e. The highest BCUT2D eigenvalue weighted by molar-refractivity contribution is 6.00. The average molecular weight is 351 g/mol. The van der Waals surface area contributed by atoms with Gasteiger partial charge < -0.3 is 13.9 Å². The highest BCUT2D eigenvalue weighted by atomic mass is 16.5. The summed E-state index contributed by atoms with van der Waals surface area (Å²) >= 11 is 0. The predicted molar refractivity (Wildman–Crippen MR) is 96.9 cm³/mol.